The molecule has 80 valence electrons. The van der Waals surface area contributed by atoms with Crippen LogP contribution in [0.4, 0.5) is 0 Å². The Morgan fingerprint density at radius 1 is 1.20 bits per heavy atom. The Bertz CT molecular complexity index is 359. The van der Waals surface area contributed by atoms with Crippen molar-refractivity contribution in [3.63, 3.8) is 0 Å². The molecule has 0 aromatic heterocycles. The van der Waals surface area contributed by atoms with Crippen molar-refractivity contribution >= 4 is 0 Å². The third-order valence-electron chi connectivity index (χ3n) is 3.94. The predicted octanol–water partition coefficient (Wildman–Crippen LogP) is 3.35. The lowest BCUT2D eigenvalue weighted by molar-refractivity contribution is 0.262. The largest absolute Gasteiger partial charge is 0.361 e. The number of fused-ring (bicyclic) bond motifs is 1. The molecule has 0 bridgehead atoms. The first-order valence-electron chi connectivity index (χ1n) is 5.96. The summed E-state index contributed by atoms with van der Waals surface area (Å²) < 4.78 is 6.03. The average Bonchev–Trinajstić information content (AvgIpc) is 2.95. The zero-order valence-corrected chi connectivity index (χ0v) is 9.44. The van der Waals surface area contributed by atoms with Crippen LogP contribution in [0.15, 0.2) is 30.3 Å². The van der Waals surface area contributed by atoms with Crippen molar-refractivity contribution in [2.75, 3.05) is 0 Å². The van der Waals surface area contributed by atoms with Crippen LogP contribution in [0.5, 0.6) is 0 Å². The highest BCUT2D eigenvalue weighted by atomic mass is 16.6. The Hall–Kier alpha value is -0.820. The van der Waals surface area contributed by atoms with Gasteiger partial charge in [-0.1, -0.05) is 44.2 Å². The first-order valence-corrected chi connectivity index (χ1v) is 5.96. The minimum atomic E-state index is 0.0817. The molecule has 1 aliphatic heterocycles. The molecule has 2 aliphatic rings. The second-order valence-electron chi connectivity index (χ2n) is 5.32. The van der Waals surface area contributed by atoms with E-state index in [4.69, 9.17) is 4.74 Å². The van der Waals surface area contributed by atoms with E-state index in [9.17, 15) is 0 Å². The van der Waals surface area contributed by atoms with Gasteiger partial charge < -0.3 is 4.74 Å². The Kier molecular flexibility index (Phi) is 1.93. The van der Waals surface area contributed by atoms with Crippen molar-refractivity contribution in [1.29, 1.82) is 0 Å². The fourth-order valence-corrected chi connectivity index (χ4v) is 3.36. The monoisotopic (exact) mass is 202 g/mol. The SMILES string of the molecule is C[C@@H]1C[C@H](C)[C@H]2O[C@]2(c2ccccc2)C1. The molecule has 0 amide bonds. The number of hydrogen-bond acceptors (Lipinski definition) is 1. The molecule has 2 fully saturated rings. The first-order chi connectivity index (χ1) is 7.22. The van der Waals surface area contributed by atoms with Gasteiger partial charge in [-0.25, -0.2) is 0 Å². The molecule has 1 aromatic rings. The number of benzene rings is 1. The van der Waals surface area contributed by atoms with Gasteiger partial charge in [-0.3, -0.25) is 0 Å². The molecule has 1 saturated carbocycles. The summed E-state index contributed by atoms with van der Waals surface area (Å²) >= 11 is 0. The second-order valence-corrected chi connectivity index (χ2v) is 5.32. The van der Waals surface area contributed by atoms with Crippen molar-refractivity contribution in [3.8, 4) is 0 Å². The highest BCUT2D eigenvalue weighted by Crippen LogP contribution is 2.58. The van der Waals surface area contributed by atoms with Crippen LogP contribution in [0.25, 0.3) is 0 Å². The standard InChI is InChI=1S/C14H18O/c1-10-8-11(2)13-14(9-10,15-13)12-6-4-3-5-7-12/h3-7,10-11,13H,8-9H2,1-2H3/t10-,11+,13-,14+/m1/s1. The fraction of sp³-hybridized carbons (Fsp3) is 0.571. The summed E-state index contributed by atoms with van der Waals surface area (Å²) in [6, 6.07) is 10.7. The van der Waals surface area contributed by atoms with Gasteiger partial charge >= 0.3 is 0 Å². The average molecular weight is 202 g/mol. The molecule has 4 atom stereocenters. The maximum Gasteiger partial charge on any atom is 0.120 e. The van der Waals surface area contributed by atoms with E-state index in [1.807, 2.05) is 0 Å². The maximum absolute atomic E-state index is 6.03. The van der Waals surface area contributed by atoms with Gasteiger partial charge in [-0.2, -0.15) is 0 Å². The lowest BCUT2D eigenvalue weighted by Gasteiger charge is -2.27. The molecule has 0 unspecified atom stereocenters. The van der Waals surface area contributed by atoms with Crippen LogP contribution in [0.1, 0.15) is 32.3 Å². The van der Waals surface area contributed by atoms with Crippen LogP contribution in [-0.4, -0.2) is 6.10 Å². The summed E-state index contributed by atoms with van der Waals surface area (Å²) in [5.74, 6) is 1.51. The number of rotatable bonds is 1. The smallest absolute Gasteiger partial charge is 0.120 e. The highest BCUT2D eigenvalue weighted by molar-refractivity contribution is 5.31. The number of ether oxygens (including phenoxy) is 1. The fourth-order valence-electron chi connectivity index (χ4n) is 3.36. The van der Waals surface area contributed by atoms with Crippen LogP contribution in [0, 0.1) is 11.8 Å². The third kappa shape index (κ3) is 1.33. The van der Waals surface area contributed by atoms with Gasteiger partial charge in [0.1, 0.15) is 5.60 Å². The molecule has 1 aliphatic carbocycles. The molecule has 0 spiro atoms. The summed E-state index contributed by atoms with van der Waals surface area (Å²) in [4.78, 5) is 0. The highest BCUT2D eigenvalue weighted by Gasteiger charge is 2.62. The minimum Gasteiger partial charge on any atom is -0.361 e. The molecule has 1 aromatic carbocycles. The molecule has 1 heterocycles. The molecule has 15 heavy (non-hydrogen) atoms. The predicted molar refractivity (Wildman–Crippen MR) is 60.6 cm³/mol. The topological polar surface area (TPSA) is 12.5 Å². The van der Waals surface area contributed by atoms with Gasteiger partial charge in [0.25, 0.3) is 0 Å². The van der Waals surface area contributed by atoms with Crippen LogP contribution >= 0.6 is 0 Å². The van der Waals surface area contributed by atoms with Crippen molar-refractivity contribution in [3.05, 3.63) is 35.9 Å². The van der Waals surface area contributed by atoms with E-state index in [1.165, 1.54) is 18.4 Å². The molecule has 1 heteroatoms. The van der Waals surface area contributed by atoms with Crippen LogP contribution in [0.3, 0.4) is 0 Å². The molecular formula is C14H18O. The molecule has 0 radical (unpaired) electrons. The normalized spacial score (nSPS) is 43.5. The Morgan fingerprint density at radius 2 is 1.93 bits per heavy atom. The van der Waals surface area contributed by atoms with E-state index in [0.717, 1.165) is 5.92 Å². The Balaban J connectivity index is 1.94. The quantitative estimate of drug-likeness (QED) is 0.636. The third-order valence-corrected chi connectivity index (χ3v) is 3.94. The summed E-state index contributed by atoms with van der Waals surface area (Å²) in [6.45, 7) is 4.67. The summed E-state index contributed by atoms with van der Waals surface area (Å²) in [7, 11) is 0. The summed E-state index contributed by atoms with van der Waals surface area (Å²) in [5.41, 5.74) is 1.46. The van der Waals surface area contributed by atoms with Gasteiger partial charge in [-0.05, 0) is 30.2 Å². The van der Waals surface area contributed by atoms with Crippen LogP contribution in [0.2, 0.25) is 0 Å². The van der Waals surface area contributed by atoms with Gasteiger partial charge in [-0.15, -0.1) is 0 Å². The molecule has 0 N–H and O–H groups in total. The Labute approximate surface area is 91.5 Å². The van der Waals surface area contributed by atoms with E-state index in [2.05, 4.69) is 44.2 Å². The van der Waals surface area contributed by atoms with Gasteiger partial charge in [0.15, 0.2) is 0 Å². The van der Waals surface area contributed by atoms with Crippen molar-refractivity contribution in [2.24, 2.45) is 11.8 Å². The molecule has 3 rings (SSSR count). The lowest BCUT2D eigenvalue weighted by atomic mass is 9.74. The first kappa shape index (κ1) is 9.41. The van der Waals surface area contributed by atoms with Gasteiger partial charge in [0.05, 0.1) is 6.10 Å². The number of epoxide rings is 1. The van der Waals surface area contributed by atoms with Crippen LogP contribution in [-0.2, 0) is 10.3 Å². The number of hydrogen-bond donors (Lipinski definition) is 0. The summed E-state index contributed by atoms with van der Waals surface area (Å²) in [6.07, 6.45) is 3.00. The van der Waals surface area contributed by atoms with Gasteiger partial charge in [0.2, 0.25) is 0 Å². The van der Waals surface area contributed by atoms with E-state index < -0.39 is 0 Å². The molecule has 1 saturated heterocycles. The Morgan fingerprint density at radius 3 is 2.67 bits per heavy atom. The molecular weight excluding hydrogens is 184 g/mol. The van der Waals surface area contributed by atoms with E-state index in [-0.39, 0.29) is 5.60 Å². The van der Waals surface area contributed by atoms with Gasteiger partial charge in [0, 0.05) is 0 Å². The van der Waals surface area contributed by atoms with E-state index in [1.54, 1.807) is 0 Å². The lowest BCUT2D eigenvalue weighted by Crippen LogP contribution is -2.27. The van der Waals surface area contributed by atoms with E-state index in [0.29, 0.717) is 12.0 Å². The zero-order valence-electron chi connectivity index (χ0n) is 9.44. The van der Waals surface area contributed by atoms with Crippen molar-refractivity contribution < 1.29 is 4.74 Å². The van der Waals surface area contributed by atoms with Crippen LogP contribution < -0.4 is 0 Å². The summed E-state index contributed by atoms with van der Waals surface area (Å²) in [5, 5.41) is 0. The van der Waals surface area contributed by atoms with Crippen molar-refractivity contribution in [1.82, 2.24) is 0 Å². The zero-order chi connectivity index (χ0) is 10.5. The second kappa shape index (κ2) is 3.08. The minimum absolute atomic E-state index is 0.0817. The van der Waals surface area contributed by atoms with E-state index >= 15 is 0 Å². The van der Waals surface area contributed by atoms with Crippen molar-refractivity contribution in [2.45, 2.75) is 38.4 Å². The maximum atomic E-state index is 6.03. The molecule has 1 nitrogen and oxygen atoms in total.